The number of hydrogen-bond acceptors (Lipinski definition) is 4. The molecule has 0 radical (unpaired) electrons. The van der Waals surface area contributed by atoms with Crippen LogP contribution in [0, 0.1) is 0 Å². The Morgan fingerprint density at radius 3 is 2.48 bits per heavy atom. The number of benzene rings is 2. The molecule has 1 aliphatic heterocycles. The topological polar surface area (TPSA) is 47.9 Å². The van der Waals surface area contributed by atoms with Crippen molar-refractivity contribution in [3.05, 3.63) is 45.9 Å². The largest absolute Gasteiger partial charge is 0.508 e. The predicted molar refractivity (Wildman–Crippen MR) is 104 cm³/mol. The van der Waals surface area contributed by atoms with Crippen molar-refractivity contribution in [2.75, 3.05) is 19.9 Å². The molecule has 7 heteroatoms. The Kier molecular flexibility index (Phi) is 6.22. The van der Waals surface area contributed by atoms with Crippen LogP contribution < -0.4 is 14.2 Å². The Hall–Kier alpha value is -1.85. The van der Waals surface area contributed by atoms with Crippen LogP contribution in [0.25, 0.3) is 0 Å². The smallest absolute Gasteiger partial charge is 0.165 e. The van der Waals surface area contributed by atoms with Crippen molar-refractivity contribution in [2.45, 2.75) is 31.8 Å². The zero-order chi connectivity index (χ0) is 19.4. The predicted octanol–water partition coefficient (Wildman–Crippen LogP) is 5.60. The van der Waals surface area contributed by atoms with E-state index in [1.54, 1.807) is 6.92 Å². The van der Waals surface area contributed by atoms with E-state index in [9.17, 15) is 9.50 Å². The van der Waals surface area contributed by atoms with Crippen LogP contribution in [0.15, 0.2) is 30.3 Å². The third-order valence-corrected chi connectivity index (χ3v) is 4.84. The molecule has 0 saturated carbocycles. The van der Waals surface area contributed by atoms with Gasteiger partial charge in [0.25, 0.3) is 0 Å². The molecule has 27 heavy (non-hydrogen) atoms. The maximum atomic E-state index is 13.2. The van der Waals surface area contributed by atoms with Crippen LogP contribution >= 0.6 is 23.2 Å². The average Bonchev–Trinajstić information content (AvgIpc) is 2.97. The minimum absolute atomic E-state index is 0.00720. The van der Waals surface area contributed by atoms with Gasteiger partial charge in [0.1, 0.15) is 18.0 Å². The van der Waals surface area contributed by atoms with Gasteiger partial charge < -0.3 is 19.3 Å². The third kappa shape index (κ3) is 4.71. The van der Waals surface area contributed by atoms with Gasteiger partial charge in [-0.15, -0.1) is 0 Å². The molecule has 1 atom stereocenters. The molecule has 0 bridgehead atoms. The highest BCUT2D eigenvalue weighted by atomic mass is 35.5. The van der Waals surface area contributed by atoms with E-state index < -0.39 is 12.3 Å². The summed E-state index contributed by atoms with van der Waals surface area (Å²) >= 11 is 12.0. The van der Waals surface area contributed by atoms with Crippen molar-refractivity contribution in [1.29, 1.82) is 0 Å². The van der Waals surface area contributed by atoms with Gasteiger partial charge in [-0.1, -0.05) is 35.3 Å². The van der Waals surface area contributed by atoms with Gasteiger partial charge in [-0.3, -0.25) is 0 Å². The van der Waals surface area contributed by atoms with Crippen LogP contribution in [0.3, 0.4) is 0 Å². The molecule has 1 aliphatic rings. The highest BCUT2D eigenvalue weighted by Crippen LogP contribution is 2.42. The van der Waals surface area contributed by atoms with E-state index in [0.717, 1.165) is 18.4 Å². The molecule has 3 rings (SSSR count). The van der Waals surface area contributed by atoms with E-state index in [-0.39, 0.29) is 15.8 Å². The number of para-hydroxylation sites is 1. The maximum absolute atomic E-state index is 13.2. The van der Waals surface area contributed by atoms with Crippen LogP contribution in [-0.2, 0) is 6.42 Å². The lowest BCUT2D eigenvalue weighted by molar-refractivity contribution is 0.0799. The Morgan fingerprint density at radius 1 is 1.15 bits per heavy atom. The Bertz CT molecular complexity index is 792. The molecule has 1 heterocycles. The summed E-state index contributed by atoms with van der Waals surface area (Å²) in [5.74, 6) is 1.62. The SMILES string of the molecule is CC1(CF)Cc2cccc(OCCCCOc3c(Cl)cc(O)cc3Cl)c2O1. The summed E-state index contributed by atoms with van der Waals surface area (Å²) in [6, 6.07) is 8.41. The lowest BCUT2D eigenvalue weighted by Gasteiger charge is -2.20. The van der Waals surface area contributed by atoms with Gasteiger partial charge in [0.15, 0.2) is 17.2 Å². The number of alkyl halides is 1. The lowest BCUT2D eigenvalue weighted by Crippen LogP contribution is -2.32. The molecule has 2 aromatic rings. The molecule has 0 spiro atoms. The van der Waals surface area contributed by atoms with E-state index in [2.05, 4.69) is 0 Å². The monoisotopic (exact) mass is 414 g/mol. The van der Waals surface area contributed by atoms with Gasteiger partial charge >= 0.3 is 0 Å². The van der Waals surface area contributed by atoms with E-state index in [0.29, 0.717) is 36.9 Å². The van der Waals surface area contributed by atoms with Crippen molar-refractivity contribution >= 4 is 23.2 Å². The van der Waals surface area contributed by atoms with E-state index in [1.165, 1.54) is 12.1 Å². The fourth-order valence-corrected chi connectivity index (χ4v) is 3.52. The molecule has 0 aromatic heterocycles. The third-order valence-electron chi connectivity index (χ3n) is 4.28. The number of rotatable bonds is 8. The number of halogens is 3. The standard InChI is InChI=1S/C20H21Cl2FO4/c1-20(12-23)11-13-5-4-6-17(18(13)27-20)25-7-2-3-8-26-19-15(21)9-14(24)10-16(19)22/h4-6,9-10,24H,2-3,7-8,11-12H2,1H3. The van der Waals surface area contributed by atoms with Crippen LogP contribution in [0.5, 0.6) is 23.0 Å². The molecule has 146 valence electrons. The molecule has 0 amide bonds. The summed E-state index contributed by atoms with van der Waals surface area (Å²) < 4.78 is 30.4. The van der Waals surface area contributed by atoms with Crippen LogP contribution in [0.1, 0.15) is 25.3 Å². The highest BCUT2D eigenvalue weighted by molar-refractivity contribution is 6.37. The fraction of sp³-hybridized carbons (Fsp3) is 0.400. The zero-order valence-electron chi connectivity index (χ0n) is 14.9. The molecule has 1 unspecified atom stereocenters. The highest BCUT2D eigenvalue weighted by Gasteiger charge is 2.36. The molecule has 0 aliphatic carbocycles. The normalized spacial score (nSPS) is 18.1. The summed E-state index contributed by atoms with van der Waals surface area (Å²) in [4.78, 5) is 0. The van der Waals surface area contributed by atoms with E-state index in [1.807, 2.05) is 18.2 Å². The Morgan fingerprint density at radius 2 is 1.81 bits per heavy atom. The molecular weight excluding hydrogens is 394 g/mol. The minimum atomic E-state index is -0.807. The van der Waals surface area contributed by atoms with Crippen molar-refractivity contribution in [3.63, 3.8) is 0 Å². The molecule has 4 nitrogen and oxygen atoms in total. The first-order valence-corrected chi connectivity index (χ1v) is 9.48. The van der Waals surface area contributed by atoms with Crippen molar-refractivity contribution in [2.24, 2.45) is 0 Å². The number of phenols is 1. The minimum Gasteiger partial charge on any atom is -0.508 e. The first-order chi connectivity index (χ1) is 12.9. The number of unbranched alkanes of at least 4 members (excludes halogenated alkanes) is 1. The molecule has 2 aromatic carbocycles. The summed E-state index contributed by atoms with van der Waals surface area (Å²) in [5.41, 5.74) is 0.158. The van der Waals surface area contributed by atoms with Crippen molar-refractivity contribution < 1.29 is 23.7 Å². The summed E-state index contributed by atoms with van der Waals surface area (Å²) in [6.07, 6.45) is 2.01. The number of hydrogen-bond donors (Lipinski definition) is 1. The Balaban J connectivity index is 1.45. The van der Waals surface area contributed by atoms with Crippen LogP contribution in [-0.4, -0.2) is 30.6 Å². The second-order valence-electron chi connectivity index (χ2n) is 6.75. The van der Waals surface area contributed by atoms with Crippen LogP contribution in [0.2, 0.25) is 10.0 Å². The second kappa shape index (κ2) is 8.44. The number of phenolic OH excluding ortho intramolecular Hbond substituents is 1. The van der Waals surface area contributed by atoms with Gasteiger partial charge in [-0.05, 0) is 25.8 Å². The average molecular weight is 415 g/mol. The van der Waals surface area contributed by atoms with Gasteiger partial charge in [-0.25, -0.2) is 4.39 Å². The molecular formula is C20H21Cl2FO4. The fourth-order valence-electron chi connectivity index (χ4n) is 2.93. The first-order valence-electron chi connectivity index (χ1n) is 8.72. The Labute approximate surface area is 167 Å². The van der Waals surface area contributed by atoms with Gasteiger partial charge in [0.2, 0.25) is 0 Å². The van der Waals surface area contributed by atoms with Gasteiger partial charge in [0, 0.05) is 24.1 Å². The lowest BCUT2D eigenvalue weighted by atomic mass is 10.0. The van der Waals surface area contributed by atoms with Gasteiger partial charge in [0.05, 0.1) is 23.3 Å². The van der Waals surface area contributed by atoms with E-state index >= 15 is 0 Å². The summed E-state index contributed by atoms with van der Waals surface area (Å²) in [5, 5.41) is 9.95. The number of fused-ring (bicyclic) bond motifs is 1. The molecule has 0 fully saturated rings. The molecule has 1 N–H and O–H groups in total. The number of aromatic hydroxyl groups is 1. The first kappa shape index (κ1) is 19.9. The summed E-state index contributed by atoms with van der Waals surface area (Å²) in [6.45, 7) is 2.11. The van der Waals surface area contributed by atoms with Crippen LogP contribution in [0.4, 0.5) is 4.39 Å². The quantitative estimate of drug-likeness (QED) is 0.571. The number of ether oxygens (including phenoxy) is 3. The van der Waals surface area contributed by atoms with Crippen molar-refractivity contribution in [3.8, 4) is 23.0 Å². The molecule has 0 saturated heterocycles. The maximum Gasteiger partial charge on any atom is 0.165 e. The summed E-state index contributed by atoms with van der Waals surface area (Å²) in [7, 11) is 0. The zero-order valence-corrected chi connectivity index (χ0v) is 16.4. The van der Waals surface area contributed by atoms with Crippen molar-refractivity contribution in [1.82, 2.24) is 0 Å². The van der Waals surface area contributed by atoms with Gasteiger partial charge in [-0.2, -0.15) is 0 Å². The second-order valence-corrected chi connectivity index (χ2v) is 7.56. The van der Waals surface area contributed by atoms with E-state index in [4.69, 9.17) is 37.4 Å².